The summed E-state index contributed by atoms with van der Waals surface area (Å²) in [4.78, 5) is 12.4. The van der Waals surface area contributed by atoms with Gasteiger partial charge in [-0.15, -0.1) is 0 Å². The zero-order chi connectivity index (χ0) is 17.2. The van der Waals surface area contributed by atoms with Gasteiger partial charge < -0.3 is 4.74 Å². The fourth-order valence-corrected chi connectivity index (χ4v) is 3.33. The maximum Gasteiger partial charge on any atom is 0.338 e. The van der Waals surface area contributed by atoms with Crippen molar-refractivity contribution in [1.82, 2.24) is 0 Å². The molecule has 4 rings (SSSR count). The van der Waals surface area contributed by atoms with Gasteiger partial charge in [-0.1, -0.05) is 64.5 Å². The number of hydrogen-bond donors (Lipinski definition) is 0. The number of rotatable bonds is 3. The Hall–Kier alpha value is -2.65. The number of hydrogen-bond acceptors (Lipinski definition) is 2. The first kappa shape index (κ1) is 15.9. The predicted molar refractivity (Wildman–Crippen MR) is 105 cm³/mol. The number of fused-ring (bicyclic) bond motifs is 2. The molecule has 122 valence electrons. The van der Waals surface area contributed by atoms with Crippen molar-refractivity contribution in [2.45, 2.75) is 6.61 Å². The number of carbonyl (C=O) groups is 1. The molecule has 0 aliphatic heterocycles. The molecule has 3 heteroatoms. The maximum absolute atomic E-state index is 12.4. The van der Waals surface area contributed by atoms with Crippen molar-refractivity contribution in [3.63, 3.8) is 0 Å². The van der Waals surface area contributed by atoms with Crippen molar-refractivity contribution in [3.05, 3.63) is 94.5 Å². The smallest absolute Gasteiger partial charge is 0.338 e. The molecular formula is C22H15BrO2. The van der Waals surface area contributed by atoms with Crippen molar-refractivity contribution < 1.29 is 9.53 Å². The van der Waals surface area contributed by atoms with Crippen LogP contribution in [0, 0.1) is 0 Å². The molecule has 0 bridgehead atoms. The molecule has 0 aliphatic carbocycles. The van der Waals surface area contributed by atoms with Crippen LogP contribution in [0.4, 0.5) is 0 Å². The van der Waals surface area contributed by atoms with E-state index in [1.807, 2.05) is 36.4 Å². The lowest BCUT2D eigenvalue weighted by Gasteiger charge is -2.12. The maximum atomic E-state index is 12.4. The Labute approximate surface area is 154 Å². The summed E-state index contributed by atoms with van der Waals surface area (Å²) in [7, 11) is 0. The van der Waals surface area contributed by atoms with Crippen LogP contribution in [0.25, 0.3) is 21.5 Å². The fourth-order valence-electron chi connectivity index (χ4n) is 3.07. The summed E-state index contributed by atoms with van der Waals surface area (Å²) >= 11 is 3.37. The molecule has 25 heavy (non-hydrogen) atoms. The third-order valence-corrected chi connectivity index (χ3v) is 4.84. The van der Waals surface area contributed by atoms with Crippen molar-refractivity contribution >= 4 is 43.4 Å². The van der Waals surface area contributed by atoms with E-state index in [1.54, 1.807) is 12.1 Å². The number of ether oxygens (including phenoxy) is 1. The Morgan fingerprint density at radius 1 is 0.800 bits per heavy atom. The minimum atomic E-state index is -0.315. The highest BCUT2D eigenvalue weighted by molar-refractivity contribution is 9.10. The summed E-state index contributed by atoms with van der Waals surface area (Å²) in [6.07, 6.45) is 0. The minimum absolute atomic E-state index is 0.247. The molecule has 0 spiro atoms. The van der Waals surface area contributed by atoms with E-state index in [0.717, 1.165) is 31.6 Å². The highest BCUT2D eigenvalue weighted by Crippen LogP contribution is 2.29. The number of esters is 1. The quantitative estimate of drug-likeness (QED) is 0.311. The second-order valence-electron chi connectivity index (χ2n) is 5.88. The molecule has 0 atom stereocenters. The number of benzene rings is 4. The Bertz CT molecular complexity index is 1010. The van der Waals surface area contributed by atoms with E-state index >= 15 is 0 Å². The van der Waals surface area contributed by atoms with Crippen LogP contribution in [-0.4, -0.2) is 5.97 Å². The van der Waals surface area contributed by atoms with Crippen LogP contribution in [0.3, 0.4) is 0 Å². The van der Waals surface area contributed by atoms with Gasteiger partial charge in [-0.25, -0.2) is 4.79 Å². The molecule has 0 saturated carbocycles. The Balaban J connectivity index is 1.72. The van der Waals surface area contributed by atoms with Gasteiger partial charge in [0.25, 0.3) is 0 Å². The Morgan fingerprint density at radius 2 is 1.36 bits per heavy atom. The minimum Gasteiger partial charge on any atom is -0.457 e. The van der Waals surface area contributed by atoms with Gasteiger partial charge in [0.15, 0.2) is 0 Å². The largest absolute Gasteiger partial charge is 0.457 e. The lowest BCUT2D eigenvalue weighted by atomic mass is 9.97. The van der Waals surface area contributed by atoms with Gasteiger partial charge in [0.05, 0.1) is 5.56 Å². The molecule has 0 unspecified atom stereocenters. The first-order chi connectivity index (χ1) is 12.2. The van der Waals surface area contributed by atoms with Crippen molar-refractivity contribution in [1.29, 1.82) is 0 Å². The van der Waals surface area contributed by atoms with E-state index in [-0.39, 0.29) is 12.6 Å². The molecule has 4 aromatic rings. The van der Waals surface area contributed by atoms with Crippen molar-refractivity contribution in [2.24, 2.45) is 0 Å². The molecule has 0 radical (unpaired) electrons. The molecule has 2 nitrogen and oxygen atoms in total. The van der Waals surface area contributed by atoms with Crippen LogP contribution in [-0.2, 0) is 11.3 Å². The van der Waals surface area contributed by atoms with Crippen LogP contribution >= 0.6 is 15.9 Å². The van der Waals surface area contributed by atoms with Gasteiger partial charge >= 0.3 is 5.97 Å². The van der Waals surface area contributed by atoms with Crippen LogP contribution < -0.4 is 0 Å². The summed E-state index contributed by atoms with van der Waals surface area (Å²) in [6.45, 7) is 0.247. The average molecular weight is 391 g/mol. The van der Waals surface area contributed by atoms with Gasteiger partial charge in [0.2, 0.25) is 0 Å². The first-order valence-corrected chi connectivity index (χ1v) is 8.84. The van der Waals surface area contributed by atoms with E-state index < -0.39 is 0 Å². The predicted octanol–water partition coefficient (Wildman–Crippen LogP) is 6.11. The van der Waals surface area contributed by atoms with E-state index in [1.165, 1.54) is 0 Å². The second kappa shape index (κ2) is 6.69. The Kier molecular flexibility index (Phi) is 4.24. The summed E-state index contributed by atoms with van der Waals surface area (Å²) in [5.41, 5.74) is 1.59. The molecular weight excluding hydrogens is 376 g/mol. The van der Waals surface area contributed by atoms with Crippen molar-refractivity contribution in [3.8, 4) is 0 Å². The molecule has 0 amide bonds. The van der Waals surface area contributed by atoms with Gasteiger partial charge in [-0.3, -0.25) is 0 Å². The van der Waals surface area contributed by atoms with Crippen LogP contribution in [0.15, 0.2) is 83.3 Å². The third kappa shape index (κ3) is 3.15. The van der Waals surface area contributed by atoms with Crippen LogP contribution in [0.1, 0.15) is 15.9 Å². The summed E-state index contributed by atoms with van der Waals surface area (Å²) in [5.74, 6) is -0.315. The van der Waals surface area contributed by atoms with E-state index in [4.69, 9.17) is 4.74 Å². The standard InChI is InChI=1S/C22H15BrO2/c23-18-11-9-15(10-12-18)22(24)25-14-21-19-7-3-1-5-16(19)13-17-6-2-4-8-20(17)21/h1-13H,14H2. The molecule has 0 fully saturated rings. The summed E-state index contributed by atoms with van der Waals surface area (Å²) in [6, 6.07) is 25.7. The van der Waals surface area contributed by atoms with Crippen LogP contribution in [0.5, 0.6) is 0 Å². The molecule has 4 aromatic carbocycles. The molecule has 0 heterocycles. The van der Waals surface area contributed by atoms with Gasteiger partial charge in [0, 0.05) is 10.0 Å². The van der Waals surface area contributed by atoms with E-state index in [0.29, 0.717) is 5.56 Å². The monoisotopic (exact) mass is 390 g/mol. The molecule has 0 aromatic heterocycles. The fraction of sp³-hybridized carbons (Fsp3) is 0.0455. The van der Waals surface area contributed by atoms with Crippen LogP contribution in [0.2, 0.25) is 0 Å². The van der Waals surface area contributed by atoms with Crippen molar-refractivity contribution in [2.75, 3.05) is 0 Å². The normalized spacial score (nSPS) is 10.9. The lowest BCUT2D eigenvalue weighted by Crippen LogP contribution is -2.05. The molecule has 0 aliphatic rings. The lowest BCUT2D eigenvalue weighted by molar-refractivity contribution is 0.0476. The van der Waals surface area contributed by atoms with Gasteiger partial charge in [0.1, 0.15) is 6.61 Å². The van der Waals surface area contributed by atoms with Gasteiger partial charge in [-0.2, -0.15) is 0 Å². The number of halogens is 1. The van der Waals surface area contributed by atoms with E-state index in [2.05, 4.69) is 46.3 Å². The highest BCUT2D eigenvalue weighted by atomic mass is 79.9. The third-order valence-electron chi connectivity index (χ3n) is 4.31. The zero-order valence-corrected chi connectivity index (χ0v) is 15.0. The Morgan fingerprint density at radius 3 is 1.96 bits per heavy atom. The van der Waals surface area contributed by atoms with Gasteiger partial charge in [-0.05, 0) is 51.9 Å². The highest BCUT2D eigenvalue weighted by Gasteiger charge is 2.11. The SMILES string of the molecule is O=C(OCc1c2ccccc2cc2ccccc12)c1ccc(Br)cc1. The summed E-state index contributed by atoms with van der Waals surface area (Å²) < 4.78 is 6.55. The average Bonchev–Trinajstić information content (AvgIpc) is 2.65. The zero-order valence-electron chi connectivity index (χ0n) is 13.4. The second-order valence-corrected chi connectivity index (χ2v) is 6.80. The van der Waals surface area contributed by atoms with E-state index in [9.17, 15) is 4.79 Å². The topological polar surface area (TPSA) is 26.3 Å². The number of carbonyl (C=O) groups excluding carboxylic acids is 1. The molecule has 0 N–H and O–H groups in total. The first-order valence-electron chi connectivity index (χ1n) is 8.04. The summed E-state index contributed by atoms with van der Waals surface area (Å²) in [5, 5.41) is 4.53. The molecule has 0 saturated heterocycles.